The van der Waals surface area contributed by atoms with Crippen molar-refractivity contribution in [1.29, 1.82) is 5.26 Å². The Bertz CT molecular complexity index is 2450. The molecule has 4 aromatic rings. The van der Waals surface area contributed by atoms with Crippen molar-refractivity contribution in [3.63, 3.8) is 0 Å². The van der Waals surface area contributed by atoms with E-state index in [-0.39, 0.29) is 78.5 Å². The maximum atomic E-state index is 17.5. The lowest BCUT2D eigenvalue weighted by Crippen LogP contribution is -2.57. The molecule has 1 N–H and O–H groups in total. The molecule has 2 amide bonds. The van der Waals surface area contributed by atoms with Crippen LogP contribution in [0.15, 0.2) is 30.1 Å². The van der Waals surface area contributed by atoms with Crippen molar-refractivity contribution >= 4 is 66.9 Å². The molecule has 3 atom stereocenters. The van der Waals surface area contributed by atoms with Crippen molar-refractivity contribution in [2.45, 2.75) is 102 Å². The summed E-state index contributed by atoms with van der Waals surface area (Å²) in [4.78, 5) is 41.6. The molecule has 2 aromatic carbocycles. The van der Waals surface area contributed by atoms with Gasteiger partial charge in [0, 0.05) is 36.0 Å². The third-order valence-electron chi connectivity index (χ3n) is 11.3. The maximum Gasteiger partial charge on any atom is 0.412 e. The van der Waals surface area contributed by atoms with E-state index in [9.17, 15) is 19.2 Å². The van der Waals surface area contributed by atoms with Gasteiger partial charge in [0.1, 0.15) is 46.0 Å². The average Bonchev–Trinajstić information content (AvgIpc) is 3.88. The van der Waals surface area contributed by atoms with E-state index in [1.54, 1.807) is 31.7 Å². The number of hydrogen-bond acceptors (Lipinski definition) is 11. The monoisotopic (exact) mass is 851 g/mol. The van der Waals surface area contributed by atoms with Crippen LogP contribution in [0.1, 0.15) is 79.2 Å². The van der Waals surface area contributed by atoms with Gasteiger partial charge >= 0.3 is 18.2 Å². The van der Waals surface area contributed by atoms with Crippen molar-refractivity contribution in [3.8, 4) is 23.2 Å². The van der Waals surface area contributed by atoms with Crippen LogP contribution >= 0.6 is 22.9 Å². The summed E-state index contributed by atoms with van der Waals surface area (Å²) in [7, 11) is 0. The summed E-state index contributed by atoms with van der Waals surface area (Å²) in [5.74, 6) is -1.18. The van der Waals surface area contributed by atoms with Gasteiger partial charge in [-0.25, -0.2) is 22.8 Å². The molecule has 4 aliphatic rings. The number of amides is 2. The van der Waals surface area contributed by atoms with E-state index in [4.69, 9.17) is 30.8 Å². The molecule has 4 fully saturated rings. The van der Waals surface area contributed by atoms with E-state index in [1.807, 2.05) is 25.7 Å². The molecular weight excluding hydrogens is 807 g/mol. The van der Waals surface area contributed by atoms with Crippen molar-refractivity contribution in [2.24, 2.45) is 0 Å². The highest BCUT2D eigenvalue weighted by atomic mass is 35.5. The van der Waals surface area contributed by atoms with Gasteiger partial charge < -0.3 is 19.1 Å². The summed E-state index contributed by atoms with van der Waals surface area (Å²) in [5, 5.41) is 13.2. The molecule has 6 heterocycles. The Morgan fingerprint density at radius 3 is 2.47 bits per heavy atom. The van der Waals surface area contributed by atoms with Gasteiger partial charge in [-0.3, -0.25) is 15.1 Å². The first-order valence-electron chi connectivity index (χ1n) is 19.7. The number of rotatable bonds is 6. The van der Waals surface area contributed by atoms with Gasteiger partial charge in [-0.05, 0) is 103 Å². The zero-order valence-corrected chi connectivity index (χ0v) is 35.3. The van der Waals surface area contributed by atoms with E-state index < -0.39 is 34.5 Å². The second kappa shape index (κ2) is 15.0. The van der Waals surface area contributed by atoms with Crippen LogP contribution in [0, 0.1) is 23.0 Å². The standard InChI is InChI=1S/C42H45ClF3N7O5S/c1-40(2,3)57-38(54)50-36-27(17-47)30-25(10-11-29(45)34(30)59-36)31-28(43)14-26-33(32(31)46)48-37(56-21-42-12-7-13-52(42)18-22(15-42)16-44)49-35(26)51-19-23-8-9-24(20-51)53(23)39(55)58-41(4,5)6/h10-11,14,16,23-24H,7-9,12-13,15,18-21H2,1-6H3,(H,50,54)/b22-16-/t23-,24+,42-/m0/s1. The number of benzene rings is 2. The van der Waals surface area contributed by atoms with Crippen molar-refractivity contribution in [3.05, 3.63) is 52.3 Å². The Labute approximate surface area is 348 Å². The topological polar surface area (TPSA) is 133 Å². The largest absolute Gasteiger partial charge is 0.461 e. The number of nitriles is 1. The third-order valence-corrected chi connectivity index (χ3v) is 12.7. The van der Waals surface area contributed by atoms with E-state index in [0.717, 1.165) is 49.6 Å². The highest BCUT2D eigenvalue weighted by Gasteiger charge is 2.48. The van der Waals surface area contributed by atoms with Gasteiger partial charge in [0.2, 0.25) is 0 Å². The molecule has 2 bridgehead atoms. The minimum atomic E-state index is -0.856. The number of nitrogens with zero attached hydrogens (tertiary/aromatic N) is 6. The molecule has 59 heavy (non-hydrogen) atoms. The predicted molar refractivity (Wildman–Crippen MR) is 220 cm³/mol. The lowest BCUT2D eigenvalue weighted by molar-refractivity contribution is 0.0122. The summed E-state index contributed by atoms with van der Waals surface area (Å²) < 4.78 is 64.2. The maximum absolute atomic E-state index is 17.5. The fourth-order valence-corrected chi connectivity index (χ4v) is 10.4. The smallest absolute Gasteiger partial charge is 0.412 e. The fraction of sp³-hybridized carbons (Fsp3) is 0.500. The Hall–Kier alpha value is -4.85. The summed E-state index contributed by atoms with van der Waals surface area (Å²) in [6.07, 6.45) is 3.09. The number of carbonyl (C=O) groups excluding carboxylic acids is 2. The zero-order chi connectivity index (χ0) is 42.2. The van der Waals surface area contributed by atoms with Crippen molar-refractivity contribution in [1.82, 2.24) is 19.8 Å². The second-order valence-corrected chi connectivity index (χ2v) is 19.2. The van der Waals surface area contributed by atoms with Crippen LogP contribution in [0.2, 0.25) is 5.02 Å². The van der Waals surface area contributed by atoms with E-state index >= 15 is 8.78 Å². The molecule has 0 aliphatic carbocycles. The number of fused-ring (bicyclic) bond motifs is 5. The van der Waals surface area contributed by atoms with Crippen molar-refractivity contribution < 1.29 is 37.0 Å². The molecule has 4 saturated heterocycles. The van der Waals surface area contributed by atoms with E-state index in [1.165, 1.54) is 6.07 Å². The lowest BCUT2D eigenvalue weighted by atomic mass is 9.94. The van der Waals surface area contributed by atoms with Crippen LogP contribution in [0.3, 0.4) is 0 Å². The summed E-state index contributed by atoms with van der Waals surface area (Å²) in [6.45, 7) is 12.7. The van der Waals surface area contributed by atoms with Crippen LogP contribution in [0.25, 0.3) is 32.1 Å². The number of thiophene rings is 1. The van der Waals surface area contributed by atoms with E-state index in [2.05, 4.69) is 21.3 Å². The number of ether oxygens (including phenoxy) is 3. The van der Waals surface area contributed by atoms with Crippen LogP contribution in [-0.2, 0) is 9.47 Å². The van der Waals surface area contributed by atoms with Gasteiger partial charge in [0.15, 0.2) is 5.82 Å². The number of halogens is 4. The number of hydrogen-bond donors (Lipinski definition) is 1. The normalized spacial score (nSPS) is 22.6. The van der Waals surface area contributed by atoms with Gasteiger partial charge in [-0.1, -0.05) is 17.7 Å². The molecule has 0 radical (unpaired) electrons. The Balaban J connectivity index is 1.24. The summed E-state index contributed by atoms with van der Waals surface area (Å²) in [6, 6.07) is 5.60. The minimum absolute atomic E-state index is 0.00467. The highest BCUT2D eigenvalue weighted by molar-refractivity contribution is 7.23. The van der Waals surface area contributed by atoms with Gasteiger partial charge in [0.05, 0.1) is 39.2 Å². The minimum Gasteiger partial charge on any atom is -0.461 e. The van der Waals surface area contributed by atoms with Crippen LogP contribution in [-0.4, -0.2) is 93.6 Å². The predicted octanol–water partition coefficient (Wildman–Crippen LogP) is 9.72. The van der Waals surface area contributed by atoms with Gasteiger partial charge in [0.25, 0.3) is 0 Å². The lowest BCUT2D eigenvalue weighted by Gasteiger charge is -2.42. The molecule has 0 saturated carbocycles. The van der Waals surface area contributed by atoms with Crippen LogP contribution in [0.4, 0.5) is 33.6 Å². The third kappa shape index (κ3) is 7.61. The molecule has 17 heteroatoms. The number of piperazine rings is 1. The van der Waals surface area contributed by atoms with E-state index in [0.29, 0.717) is 43.8 Å². The first-order valence-corrected chi connectivity index (χ1v) is 20.9. The van der Waals surface area contributed by atoms with Crippen LogP contribution in [0.5, 0.6) is 6.01 Å². The molecule has 312 valence electrons. The molecule has 0 unspecified atom stereocenters. The number of nitrogens with one attached hydrogen (secondary N) is 1. The zero-order valence-electron chi connectivity index (χ0n) is 33.7. The van der Waals surface area contributed by atoms with Crippen LogP contribution < -0.4 is 15.0 Å². The number of anilines is 2. The van der Waals surface area contributed by atoms with Gasteiger partial charge in [-0.2, -0.15) is 15.2 Å². The first kappa shape index (κ1) is 40.9. The SMILES string of the molecule is CC(C)(C)OC(=O)Nc1sc2c(F)ccc(-c3c(Cl)cc4c(N5C[C@H]6CC[C@@H](C5)N6C(=O)OC(C)(C)C)nc(OC[C@@]56CCCN5C/C(=C\F)C6)nc4c3F)c2c1C#N. The molecule has 12 nitrogen and oxygen atoms in total. The second-order valence-electron chi connectivity index (χ2n) is 17.8. The molecule has 2 aromatic heterocycles. The summed E-state index contributed by atoms with van der Waals surface area (Å²) >= 11 is 7.82. The fourth-order valence-electron chi connectivity index (χ4n) is 9.02. The number of aromatic nitrogens is 2. The highest BCUT2D eigenvalue weighted by Crippen LogP contribution is 2.48. The summed E-state index contributed by atoms with van der Waals surface area (Å²) in [5.41, 5.74) is -1.55. The Morgan fingerprint density at radius 2 is 1.81 bits per heavy atom. The first-order chi connectivity index (χ1) is 27.9. The van der Waals surface area contributed by atoms with Gasteiger partial charge in [-0.15, -0.1) is 11.3 Å². The Morgan fingerprint density at radius 1 is 1.10 bits per heavy atom. The van der Waals surface area contributed by atoms with Crippen molar-refractivity contribution in [2.75, 3.05) is 43.0 Å². The molecule has 0 spiro atoms. The Kier molecular flexibility index (Phi) is 10.4. The number of carbonyl (C=O) groups is 2. The average molecular weight is 852 g/mol. The molecular formula is C42H45ClF3N7O5S. The molecule has 8 rings (SSSR count). The quantitative estimate of drug-likeness (QED) is 0.200. The molecule has 4 aliphatic heterocycles.